The highest BCUT2D eigenvalue weighted by Gasteiger charge is 2.12. The minimum absolute atomic E-state index is 0.0365. The van der Waals surface area contributed by atoms with E-state index >= 15 is 0 Å². The molecule has 2 aromatic rings. The Kier molecular flexibility index (Phi) is 4.06. The van der Waals surface area contributed by atoms with Gasteiger partial charge in [-0.2, -0.15) is 0 Å². The molecule has 0 aliphatic heterocycles. The second kappa shape index (κ2) is 5.60. The Labute approximate surface area is 118 Å². The van der Waals surface area contributed by atoms with Gasteiger partial charge in [-0.25, -0.2) is 13.6 Å². The fraction of sp³-hybridized carbons (Fsp3) is 0.214. The molecular weight excluding hydrogens is 274 g/mol. The number of sulfonamides is 1. The zero-order valence-electron chi connectivity index (χ0n) is 11.4. The van der Waals surface area contributed by atoms with E-state index in [9.17, 15) is 8.42 Å². The number of primary sulfonamides is 1. The van der Waals surface area contributed by atoms with Crippen molar-refractivity contribution in [2.45, 2.75) is 24.8 Å². The van der Waals surface area contributed by atoms with Crippen LogP contribution in [0, 0.1) is 6.92 Å². The maximum absolute atomic E-state index is 11.4. The van der Waals surface area contributed by atoms with E-state index in [1.165, 1.54) is 6.07 Å². The number of aromatic nitrogens is 1. The highest BCUT2D eigenvalue weighted by molar-refractivity contribution is 7.89. The minimum Gasteiger partial charge on any atom is -0.377 e. The average Bonchev–Trinajstić information content (AvgIpc) is 2.41. The molecule has 106 valence electrons. The minimum atomic E-state index is -3.70. The second-order valence-corrected chi connectivity index (χ2v) is 6.20. The molecule has 1 aromatic carbocycles. The zero-order valence-corrected chi connectivity index (χ0v) is 12.2. The average molecular weight is 291 g/mol. The van der Waals surface area contributed by atoms with Crippen LogP contribution in [0.25, 0.3) is 0 Å². The standard InChI is InChI=1S/C14H17N3O2S/c1-10-6-7-12(20(15,18)19)9-14(10)17-11(2)13-5-3-4-8-16-13/h3-9,11,17H,1-2H3,(H2,15,18,19). The lowest BCUT2D eigenvalue weighted by Gasteiger charge is -2.17. The first-order valence-electron chi connectivity index (χ1n) is 6.19. The number of aryl methyl sites for hydroxylation is 1. The number of hydrogen-bond donors (Lipinski definition) is 2. The third-order valence-corrected chi connectivity index (χ3v) is 3.95. The normalized spacial score (nSPS) is 12.9. The number of nitrogens with one attached hydrogen (secondary N) is 1. The molecule has 6 heteroatoms. The van der Waals surface area contributed by atoms with Crippen LogP contribution in [0.4, 0.5) is 5.69 Å². The van der Waals surface area contributed by atoms with Crippen LogP contribution in [0.15, 0.2) is 47.5 Å². The number of nitrogens with two attached hydrogens (primary N) is 1. The van der Waals surface area contributed by atoms with Crippen LogP contribution in [0.5, 0.6) is 0 Å². The predicted molar refractivity (Wildman–Crippen MR) is 78.8 cm³/mol. The summed E-state index contributed by atoms with van der Waals surface area (Å²) < 4.78 is 22.8. The Bertz CT molecular complexity index is 700. The largest absolute Gasteiger partial charge is 0.377 e. The molecule has 0 bridgehead atoms. The van der Waals surface area contributed by atoms with Crippen molar-refractivity contribution in [3.63, 3.8) is 0 Å². The van der Waals surface area contributed by atoms with Crippen LogP contribution in [0.1, 0.15) is 24.2 Å². The van der Waals surface area contributed by atoms with Gasteiger partial charge in [0.1, 0.15) is 0 Å². The monoisotopic (exact) mass is 291 g/mol. The summed E-state index contributed by atoms with van der Waals surface area (Å²) in [6, 6.07) is 10.4. The fourth-order valence-electron chi connectivity index (χ4n) is 1.87. The van der Waals surface area contributed by atoms with E-state index in [2.05, 4.69) is 10.3 Å². The number of anilines is 1. The Morgan fingerprint density at radius 1 is 1.25 bits per heavy atom. The SMILES string of the molecule is Cc1ccc(S(N)(=O)=O)cc1NC(C)c1ccccn1. The Morgan fingerprint density at radius 2 is 2.00 bits per heavy atom. The van der Waals surface area contributed by atoms with Crippen LogP contribution >= 0.6 is 0 Å². The highest BCUT2D eigenvalue weighted by Crippen LogP contribution is 2.23. The van der Waals surface area contributed by atoms with Crippen LogP contribution in [0.3, 0.4) is 0 Å². The third kappa shape index (κ3) is 3.34. The van der Waals surface area contributed by atoms with E-state index in [1.54, 1.807) is 18.3 Å². The summed E-state index contributed by atoms with van der Waals surface area (Å²) in [6.07, 6.45) is 1.72. The molecule has 0 saturated heterocycles. The molecule has 1 atom stereocenters. The predicted octanol–water partition coefficient (Wildman–Crippen LogP) is 2.21. The van der Waals surface area contributed by atoms with Gasteiger partial charge in [-0.15, -0.1) is 0 Å². The fourth-order valence-corrected chi connectivity index (χ4v) is 2.41. The first kappa shape index (κ1) is 14.5. The van der Waals surface area contributed by atoms with Gasteiger partial charge in [0.15, 0.2) is 0 Å². The number of pyridine rings is 1. The molecule has 20 heavy (non-hydrogen) atoms. The molecule has 0 amide bonds. The molecule has 0 aliphatic carbocycles. The molecule has 1 unspecified atom stereocenters. The van der Waals surface area contributed by atoms with Crippen molar-refractivity contribution in [2.24, 2.45) is 5.14 Å². The molecule has 1 aromatic heterocycles. The second-order valence-electron chi connectivity index (χ2n) is 4.64. The van der Waals surface area contributed by atoms with Gasteiger partial charge in [-0.3, -0.25) is 4.98 Å². The van der Waals surface area contributed by atoms with Crippen molar-refractivity contribution in [1.29, 1.82) is 0 Å². The molecule has 0 spiro atoms. The summed E-state index contributed by atoms with van der Waals surface area (Å²) in [7, 11) is -3.70. The van der Waals surface area contributed by atoms with E-state index < -0.39 is 10.0 Å². The molecule has 1 heterocycles. The highest BCUT2D eigenvalue weighted by atomic mass is 32.2. The van der Waals surface area contributed by atoms with Crippen molar-refractivity contribution < 1.29 is 8.42 Å². The van der Waals surface area contributed by atoms with E-state index in [0.29, 0.717) is 0 Å². The van der Waals surface area contributed by atoms with Gasteiger partial charge >= 0.3 is 0 Å². The smallest absolute Gasteiger partial charge is 0.238 e. The van der Waals surface area contributed by atoms with Crippen molar-refractivity contribution in [1.82, 2.24) is 4.98 Å². The number of hydrogen-bond acceptors (Lipinski definition) is 4. The lowest BCUT2D eigenvalue weighted by Crippen LogP contribution is -2.14. The van der Waals surface area contributed by atoms with Crippen LogP contribution in [0.2, 0.25) is 0 Å². The summed E-state index contributed by atoms with van der Waals surface area (Å²) in [5, 5.41) is 8.41. The summed E-state index contributed by atoms with van der Waals surface area (Å²) >= 11 is 0. The van der Waals surface area contributed by atoms with Crippen molar-refractivity contribution >= 4 is 15.7 Å². The number of benzene rings is 1. The molecule has 0 saturated carbocycles. The Morgan fingerprint density at radius 3 is 2.60 bits per heavy atom. The number of rotatable bonds is 4. The van der Waals surface area contributed by atoms with Crippen LogP contribution < -0.4 is 10.5 Å². The Hall–Kier alpha value is -1.92. The van der Waals surface area contributed by atoms with E-state index in [0.717, 1.165) is 16.9 Å². The van der Waals surface area contributed by atoms with Crippen LogP contribution in [-0.4, -0.2) is 13.4 Å². The Balaban J connectivity index is 2.30. The van der Waals surface area contributed by atoms with Gasteiger partial charge in [0.25, 0.3) is 0 Å². The lowest BCUT2D eigenvalue weighted by molar-refractivity contribution is 0.598. The van der Waals surface area contributed by atoms with Gasteiger partial charge in [-0.1, -0.05) is 12.1 Å². The zero-order chi connectivity index (χ0) is 14.8. The molecule has 2 rings (SSSR count). The quantitative estimate of drug-likeness (QED) is 0.904. The van der Waals surface area contributed by atoms with Crippen LogP contribution in [-0.2, 0) is 10.0 Å². The topological polar surface area (TPSA) is 85.1 Å². The van der Waals surface area contributed by atoms with Crippen molar-refractivity contribution in [2.75, 3.05) is 5.32 Å². The van der Waals surface area contributed by atoms with Gasteiger partial charge in [0.2, 0.25) is 10.0 Å². The summed E-state index contributed by atoms with van der Waals surface area (Å²) in [5.74, 6) is 0. The van der Waals surface area contributed by atoms with Gasteiger partial charge < -0.3 is 5.32 Å². The first-order valence-corrected chi connectivity index (χ1v) is 7.73. The third-order valence-electron chi connectivity index (χ3n) is 3.04. The van der Waals surface area contributed by atoms with Gasteiger partial charge in [0, 0.05) is 11.9 Å². The summed E-state index contributed by atoms with van der Waals surface area (Å²) in [6.45, 7) is 3.87. The molecule has 3 N–H and O–H groups in total. The van der Waals surface area contributed by atoms with E-state index in [4.69, 9.17) is 5.14 Å². The molecular formula is C14H17N3O2S. The molecule has 0 aliphatic rings. The molecule has 0 radical (unpaired) electrons. The van der Waals surface area contributed by atoms with E-state index in [1.807, 2.05) is 32.0 Å². The van der Waals surface area contributed by atoms with Gasteiger partial charge in [-0.05, 0) is 43.7 Å². The summed E-state index contributed by atoms with van der Waals surface area (Å²) in [4.78, 5) is 4.37. The van der Waals surface area contributed by atoms with Crippen molar-refractivity contribution in [3.05, 3.63) is 53.9 Å². The molecule has 5 nitrogen and oxygen atoms in total. The van der Waals surface area contributed by atoms with Crippen molar-refractivity contribution in [3.8, 4) is 0 Å². The maximum atomic E-state index is 11.4. The van der Waals surface area contributed by atoms with Gasteiger partial charge in [0.05, 0.1) is 16.6 Å². The number of nitrogens with zero attached hydrogens (tertiary/aromatic N) is 1. The summed E-state index contributed by atoms with van der Waals surface area (Å²) in [5.41, 5.74) is 2.56. The first-order chi connectivity index (χ1) is 9.38. The molecule has 0 fully saturated rings. The maximum Gasteiger partial charge on any atom is 0.238 e. The van der Waals surface area contributed by atoms with E-state index in [-0.39, 0.29) is 10.9 Å². The lowest BCUT2D eigenvalue weighted by atomic mass is 10.1.